The van der Waals surface area contributed by atoms with E-state index in [9.17, 15) is 9.59 Å². The van der Waals surface area contributed by atoms with E-state index in [-0.39, 0.29) is 5.97 Å². The van der Waals surface area contributed by atoms with Crippen molar-refractivity contribution in [2.75, 3.05) is 6.61 Å². The molecule has 0 aliphatic carbocycles. The van der Waals surface area contributed by atoms with Gasteiger partial charge in [-0.1, -0.05) is 11.6 Å². The largest absolute Gasteiger partial charge is 0.492 e. The molecule has 0 amide bonds. The fourth-order valence-electron chi connectivity index (χ4n) is 1.83. The van der Waals surface area contributed by atoms with Crippen LogP contribution in [0.3, 0.4) is 0 Å². The molecule has 0 fully saturated rings. The second-order valence-electron chi connectivity index (χ2n) is 6.05. The summed E-state index contributed by atoms with van der Waals surface area (Å²) < 4.78 is 10.8. The Labute approximate surface area is 136 Å². The monoisotopic (exact) mass is 326 g/mol. The van der Waals surface area contributed by atoms with Gasteiger partial charge in [0, 0.05) is 12.0 Å². The quantitative estimate of drug-likeness (QED) is 0.403. The second-order valence-corrected chi connectivity index (χ2v) is 6.46. The summed E-state index contributed by atoms with van der Waals surface area (Å²) in [6.45, 7) is 6.10. The Balaban J connectivity index is 2.18. The van der Waals surface area contributed by atoms with Crippen LogP contribution in [0.5, 0.6) is 5.75 Å². The lowest BCUT2D eigenvalue weighted by Gasteiger charge is -2.19. The van der Waals surface area contributed by atoms with E-state index in [1.807, 2.05) is 20.8 Å². The zero-order valence-corrected chi connectivity index (χ0v) is 14.1. The third-order valence-electron chi connectivity index (χ3n) is 2.79. The summed E-state index contributed by atoms with van der Waals surface area (Å²) in [7, 11) is 0. The van der Waals surface area contributed by atoms with Gasteiger partial charge >= 0.3 is 5.97 Å². The van der Waals surface area contributed by atoms with E-state index in [0.717, 1.165) is 25.5 Å². The van der Waals surface area contributed by atoms with Crippen LogP contribution in [0, 0.1) is 0 Å². The molecule has 4 nitrogen and oxygen atoms in total. The van der Waals surface area contributed by atoms with Crippen molar-refractivity contribution in [3.63, 3.8) is 0 Å². The molecule has 0 bridgehead atoms. The average molecular weight is 327 g/mol. The second kappa shape index (κ2) is 8.79. The SMILES string of the molecule is CC(C)(C)OC(=O)CCCCCOc1ccc(C=O)cc1Cl. The van der Waals surface area contributed by atoms with Crippen molar-refractivity contribution in [1.29, 1.82) is 0 Å². The third kappa shape index (κ3) is 7.46. The molecule has 0 atom stereocenters. The molecule has 0 aliphatic heterocycles. The van der Waals surface area contributed by atoms with Crippen LogP contribution in [0.15, 0.2) is 18.2 Å². The van der Waals surface area contributed by atoms with Gasteiger partial charge in [-0.05, 0) is 58.2 Å². The first-order valence-electron chi connectivity index (χ1n) is 7.41. The van der Waals surface area contributed by atoms with Gasteiger partial charge in [0.1, 0.15) is 17.6 Å². The summed E-state index contributed by atoms with van der Waals surface area (Å²) >= 11 is 6.01. The standard InChI is InChI=1S/C17H23ClO4/c1-17(2,3)22-16(20)7-5-4-6-10-21-15-9-8-13(12-19)11-14(15)18/h8-9,11-12H,4-7,10H2,1-3H3. The normalized spacial score (nSPS) is 11.1. The highest BCUT2D eigenvalue weighted by atomic mass is 35.5. The molecule has 1 rings (SSSR count). The Morgan fingerprint density at radius 2 is 1.95 bits per heavy atom. The lowest BCUT2D eigenvalue weighted by molar-refractivity contribution is -0.154. The van der Waals surface area contributed by atoms with Crippen LogP contribution in [-0.2, 0) is 9.53 Å². The number of rotatable bonds is 8. The van der Waals surface area contributed by atoms with Crippen molar-refractivity contribution in [1.82, 2.24) is 0 Å². The molecular formula is C17H23ClO4. The molecule has 0 aromatic heterocycles. The summed E-state index contributed by atoms with van der Waals surface area (Å²) in [4.78, 5) is 22.1. The number of ether oxygens (including phenoxy) is 2. The number of hydrogen-bond donors (Lipinski definition) is 0. The van der Waals surface area contributed by atoms with Crippen molar-refractivity contribution in [3.8, 4) is 5.75 Å². The number of esters is 1. The molecule has 1 aromatic rings. The molecule has 1 aromatic carbocycles. The molecule has 5 heteroatoms. The summed E-state index contributed by atoms with van der Waals surface area (Å²) in [6, 6.07) is 4.93. The maximum atomic E-state index is 11.5. The fraction of sp³-hybridized carbons (Fsp3) is 0.529. The van der Waals surface area contributed by atoms with Gasteiger partial charge < -0.3 is 9.47 Å². The van der Waals surface area contributed by atoms with E-state index in [2.05, 4.69) is 0 Å². The van der Waals surface area contributed by atoms with Crippen molar-refractivity contribution in [2.45, 2.75) is 52.1 Å². The van der Waals surface area contributed by atoms with Gasteiger partial charge in [0.2, 0.25) is 0 Å². The Kier molecular flexibility index (Phi) is 7.39. The first-order valence-corrected chi connectivity index (χ1v) is 7.79. The Hall–Kier alpha value is -1.55. The summed E-state index contributed by atoms with van der Waals surface area (Å²) in [5.74, 6) is 0.403. The first kappa shape index (κ1) is 18.5. The van der Waals surface area contributed by atoms with Gasteiger partial charge in [-0.15, -0.1) is 0 Å². The predicted molar refractivity (Wildman–Crippen MR) is 86.6 cm³/mol. The number of unbranched alkanes of at least 4 members (excludes halogenated alkanes) is 2. The zero-order chi connectivity index (χ0) is 16.6. The maximum absolute atomic E-state index is 11.5. The van der Waals surface area contributed by atoms with Crippen LogP contribution in [0.2, 0.25) is 5.02 Å². The number of aldehydes is 1. The lowest BCUT2D eigenvalue weighted by Crippen LogP contribution is -2.23. The van der Waals surface area contributed by atoms with Gasteiger partial charge in [-0.2, -0.15) is 0 Å². The first-order chi connectivity index (χ1) is 10.3. The summed E-state index contributed by atoms with van der Waals surface area (Å²) in [6.07, 6.45) is 3.65. The highest BCUT2D eigenvalue weighted by Crippen LogP contribution is 2.25. The van der Waals surface area contributed by atoms with Crippen molar-refractivity contribution >= 4 is 23.9 Å². The molecular weight excluding hydrogens is 304 g/mol. The smallest absolute Gasteiger partial charge is 0.306 e. The van der Waals surface area contributed by atoms with E-state index in [1.54, 1.807) is 18.2 Å². The Bertz CT molecular complexity index is 506. The highest BCUT2D eigenvalue weighted by Gasteiger charge is 2.15. The number of halogens is 1. The topological polar surface area (TPSA) is 52.6 Å². The van der Waals surface area contributed by atoms with E-state index in [0.29, 0.717) is 29.4 Å². The van der Waals surface area contributed by atoms with Gasteiger partial charge in [0.15, 0.2) is 0 Å². The van der Waals surface area contributed by atoms with Crippen molar-refractivity contribution in [3.05, 3.63) is 28.8 Å². The predicted octanol–water partition coefficient (Wildman–Crippen LogP) is 4.43. The van der Waals surface area contributed by atoms with E-state index < -0.39 is 5.60 Å². The minimum atomic E-state index is -0.426. The van der Waals surface area contributed by atoms with E-state index >= 15 is 0 Å². The van der Waals surface area contributed by atoms with Crippen molar-refractivity contribution in [2.24, 2.45) is 0 Å². The van der Waals surface area contributed by atoms with Crippen LogP contribution in [-0.4, -0.2) is 24.5 Å². The van der Waals surface area contributed by atoms with Gasteiger partial charge in [0.25, 0.3) is 0 Å². The van der Waals surface area contributed by atoms with E-state index in [1.165, 1.54) is 0 Å². The summed E-state index contributed by atoms with van der Waals surface area (Å²) in [5, 5.41) is 0.429. The summed E-state index contributed by atoms with van der Waals surface area (Å²) in [5.41, 5.74) is 0.0969. The lowest BCUT2D eigenvalue weighted by atomic mass is 10.1. The van der Waals surface area contributed by atoms with Crippen LogP contribution in [0.25, 0.3) is 0 Å². The Morgan fingerprint density at radius 1 is 1.23 bits per heavy atom. The van der Waals surface area contributed by atoms with Crippen LogP contribution < -0.4 is 4.74 Å². The highest BCUT2D eigenvalue weighted by molar-refractivity contribution is 6.32. The fourth-order valence-corrected chi connectivity index (χ4v) is 2.07. The van der Waals surface area contributed by atoms with Gasteiger partial charge in [0.05, 0.1) is 11.6 Å². The molecule has 0 N–H and O–H groups in total. The number of carbonyl (C=O) groups is 2. The number of carbonyl (C=O) groups excluding carboxylic acids is 2. The number of hydrogen-bond acceptors (Lipinski definition) is 4. The molecule has 0 spiro atoms. The minimum absolute atomic E-state index is 0.166. The van der Waals surface area contributed by atoms with E-state index in [4.69, 9.17) is 21.1 Å². The van der Waals surface area contributed by atoms with Crippen molar-refractivity contribution < 1.29 is 19.1 Å². The molecule has 122 valence electrons. The third-order valence-corrected chi connectivity index (χ3v) is 3.09. The van der Waals surface area contributed by atoms with Gasteiger partial charge in [-0.25, -0.2) is 0 Å². The van der Waals surface area contributed by atoms with Crippen LogP contribution in [0.4, 0.5) is 0 Å². The van der Waals surface area contributed by atoms with Crippen LogP contribution in [0.1, 0.15) is 56.8 Å². The molecule has 0 saturated carbocycles. The minimum Gasteiger partial charge on any atom is -0.492 e. The van der Waals surface area contributed by atoms with Crippen LogP contribution >= 0.6 is 11.6 Å². The molecule has 0 radical (unpaired) electrons. The number of benzene rings is 1. The molecule has 22 heavy (non-hydrogen) atoms. The maximum Gasteiger partial charge on any atom is 0.306 e. The molecule has 0 heterocycles. The molecule has 0 unspecified atom stereocenters. The molecule has 0 saturated heterocycles. The van der Waals surface area contributed by atoms with Gasteiger partial charge in [-0.3, -0.25) is 9.59 Å². The average Bonchev–Trinajstić information content (AvgIpc) is 2.42. The molecule has 0 aliphatic rings. The zero-order valence-electron chi connectivity index (χ0n) is 13.4. The Morgan fingerprint density at radius 3 is 2.55 bits per heavy atom.